The molecule has 26 heavy (non-hydrogen) atoms. The molecule has 0 fully saturated rings. The fourth-order valence-electron chi connectivity index (χ4n) is 3.89. The Morgan fingerprint density at radius 2 is 1.15 bits per heavy atom. The zero-order chi connectivity index (χ0) is 18.2. The lowest BCUT2D eigenvalue weighted by Crippen LogP contribution is -3.00. The van der Waals surface area contributed by atoms with E-state index in [0.29, 0.717) is 0 Å². The first-order valence-corrected chi connectivity index (χ1v) is 11.4. The Kier molecular flexibility index (Phi) is 16.9. The van der Waals surface area contributed by atoms with Crippen molar-refractivity contribution in [3.63, 3.8) is 0 Å². The van der Waals surface area contributed by atoms with Gasteiger partial charge in [-0.05, 0) is 13.3 Å². The molecule has 0 radical (unpaired) electrons. The highest BCUT2D eigenvalue weighted by Gasteiger charge is 2.34. The van der Waals surface area contributed by atoms with Crippen LogP contribution in [0.4, 0.5) is 0 Å². The zero-order valence-electron chi connectivity index (χ0n) is 17.7. The summed E-state index contributed by atoms with van der Waals surface area (Å²) < 4.78 is 0.110. The van der Waals surface area contributed by atoms with Gasteiger partial charge in [-0.3, -0.25) is 0 Å². The van der Waals surface area contributed by atoms with Gasteiger partial charge >= 0.3 is 0 Å². The molecule has 0 spiro atoms. The van der Waals surface area contributed by atoms with E-state index in [0.717, 1.165) is 31.9 Å². The number of hydroxylamine groups is 3. The van der Waals surface area contributed by atoms with Crippen molar-refractivity contribution in [3.05, 3.63) is 0 Å². The molecule has 0 saturated heterocycles. The quantitative estimate of drug-likeness (QED) is 0.297. The molecule has 0 aromatic carbocycles. The molecule has 0 aliphatic carbocycles. The first-order chi connectivity index (χ1) is 12.2. The fourth-order valence-corrected chi connectivity index (χ4v) is 3.89. The Morgan fingerprint density at radius 1 is 0.731 bits per heavy atom. The van der Waals surface area contributed by atoms with Gasteiger partial charge in [0.1, 0.15) is 13.1 Å². The van der Waals surface area contributed by atoms with Crippen molar-refractivity contribution in [3.8, 4) is 0 Å². The highest BCUT2D eigenvalue weighted by atomic mass is 35.5. The second-order valence-electron chi connectivity index (χ2n) is 7.96. The van der Waals surface area contributed by atoms with Gasteiger partial charge in [-0.1, -0.05) is 96.8 Å². The van der Waals surface area contributed by atoms with Crippen LogP contribution in [0.3, 0.4) is 0 Å². The summed E-state index contributed by atoms with van der Waals surface area (Å²) in [7, 11) is 0. The SMILES string of the molecule is CCCCCCCCCCCCCCCCCC1=NCC[N+]1(O)CC.[Cl-]. The molecule has 1 rings (SSSR count). The monoisotopic (exact) mass is 388 g/mol. The third-order valence-corrected chi connectivity index (χ3v) is 5.77. The lowest BCUT2D eigenvalue weighted by atomic mass is 10.0. The van der Waals surface area contributed by atoms with Gasteiger partial charge in [0.15, 0.2) is 0 Å². The van der Waals surface area contributed by atoms with E-state index in [2.05, 4.69) is 11.9 Å². The Bertz CT molecular complexity index is 349. The molecule has 0 saturated carbocycles. The van der Waals surface area contributed by atoms with Crippen molar-refractivity contribution in [2.75, 3.05) is 19.6 Å². The summed E-state index contributed by atoms with van der Waals surface area (Å²) in [6.45, 7) is 6.68. The molecule has 156 valence electrons. The van der Waals surface area contributed by atoms with E-state index in [1.807, 2.05) is 6.92 Å². The molecule has 1 heterocycles. The number of amidine groups is 1. The minimum atomic E-state index is 0. The number of quaternary nitrogens is 1. The maximum atomic E-state index is 10.4. The van der Waals surface area contributed by atoms with Gasteiger partial charge in [-0.15, -0.1) is 4.65 Å². The number of nitrogens with zero attached hydrogens (tertiary/aromatic N) is 2. The lowest BCUT2D eigenvalue weighted by Gasteiger charge is -2.23. The molecule has 1 atom stereocenters. The number of halogens is 1. The van der Waals surface area contributed by atoms with Crippen molar-refractivity contribution in [2.24, 2.45) is 4.99 Å². The van der Waals surface area contributed by atoms with Crippen LogP contribution in [0.5, 0.6) is 0 Å². The molecule has 0 aromatic heterocycles. The summed E-state index contributed by atoms with van der Waals surface area (Å²) in [4.78, 5) is 4.50. The number of unbranched alkanes of at least 4 members (excludes halogenated alkanes) is 14. The standard InChI is InChI=1S/C22H45N2O.ClH/c1-3-5-6-7-8-9-10-11-12-13-14-15-16-17-18-19-22-23-20-21-24(22,25)4-2;/h25H,3-21H2,1-2H3;1H/q+1;/p-1. The molecule has 1 unspecified atom stereocenters. The Hall–Kier alpha value is -0.120. The van der Waals surface area contributed by atoms with E-state index >= 15 is 0 Å². The first-order valence-electron chi connectivity index (χ1n) is 11.4. The van der Waals surface area contributed by atoms with Gasteiger partial charge in [0, 0.05) is 6.42 Å². The normalized spacial score (nSPS) is 19.4. The summed E-state index contributed by atoms with van der Waals surface area (Å²) >= 11 is 0. The maximum absolute atomic E-state index is 10.4. The number of hydrogen-bond acceptors (Lipinski definition) is 2. The molecule has 1 aliphatic heterocycles. The van der Waals surface area contributed by atoms with Gasteiger partial charge in [0.2, 0.25) is 5.84 Å². The predicted molar refractivity (Wildman–Crippen MR) is 109 cm³/mol. The molecule has 3 nitrogen and oxygen atoms in total. The van der Waals surface area contributed by atoms with Gasteiger partial charge in [-0.25, -0.2) is 10.2 Å². The first kappa shape index (κ1) is 25.9. The van der Waals surface area contributed by atoms with Crippen LogP contribution in [0.2, 0.25) is 0 Å². The third kappa shape index (κ3) is 11.6. The van der Waals surface area contributed by atoms with Crippen molar-refractivity contribution in [2.45, 2.75) is 117 Å². The van der Waals surface area contributed by atoms with E-state index in [1.54, 1.807) is 0 Å². The molecule has 0 bridgehead atoms. The molecular formula is C22H45ClN2O. The van der Waals surface area contributed by atoms with Crippen LogP contribution < -0.4 is 12.4 Å². The van der Waals surface area contributed by atoms with Crippen LogP contribution in [0.1, 0.15) is 117 Å². The van der Waals surface area contributed by atoms with Crippen molar-refractivity contribution in [1.29, 1.82) is 0 Å². The highest BCUT2D eigenvalue weighted by molar-refractivity contribution is 5.76. The van der Waals surface area contributed by atoms with Crippen molar-refractivity contribution in [1.82, 2.24) is 0 Å². The van der Waals surface area contributed by atoms with E-state index in [9.17, 15) is 5.21 Å². The summed E-state index contributed by atoms with van der Waals surface area (Å²) in [6, 6.07) is 0. The third-order valence-electron chi connectivity index (χ3n) is 5.77. The average molecular weight is 389 g/mol. The summed E-state index contributed by atoms with van der Waals surface area (Å²) in [5.74, 6) is 1.03. The zero-order valence-corrected chi connectivity index (χ0v) is 18.4. The molecule has 1 N–H and O–H groups in total. The van der Waals surface area contributed by atoms with Crippen LogP contribution in [0.15, 0.2) is 4.99 Å². The predicted octanol–water partition coefficient (Wildman–Crippen LogP) is 3.89. The fraction of sp³-hybridized carbons (Fsp3) is 0.955. The second kappa shape index (κ2) is 17.0. The number of hydrogen-bond donors (Lipinski definition) is 1. The lowest BCUT2D eigenvalue weighted by molar-refractivity contribution is -1.03. The van der Waals surface area contributed by atoms with Crippen LogP contribution in [-0.2, 0) is 0 Å². The van der Waals surface area contributed by atoms with E-state index < -0.39 is 0 Å². The largest absolute Gasteiger partial charge is 1.00 e. The number of rotatable bonds is 17. The maximum Gasteiger partial charge on any atom is 0.231 e. The topological polar surface area (TPSA) is 32.6 Å². The van der Waals surface area contributed by atoms with Crippen LogP contribution in [0.25, 0.3) is 0 Å². The molecular weight excluding hydrogens is 344 g/mol. The summed E-state index contributed by atoms with van der Waals surface area (Å²) in [6.07, 6.45) is 22.0. The van der Waals surface area contributed by atoms with Crippen LogP contribution in [-0.4, -0.2) is 35.3 Å². The smallest absolute Gasteiger partial charge is 0.231 e. The molecule has 0 amide bonds. The van der Waals surface area contributed by atoms with Crippen LogP contribution in [0, 0.1) is 0 Å². The van der Waals surface area contributed by atoms with Gasteiger partial charge < -0.3 is 12.4 Å². The average Bonchev–Trinajstić information content (AvgIpc) is 2.99. The van der Waals surface area contributed by atoms with Crippen LogP contribution >= 0.6 is 0 Å². The van der Waals surface area contributed by atoms with E-state index in [4.69, 9.17) is 0 Å². The Balaban J connectivity index is 0.00000625. The molecule has 4 heteroatoms. The van der Waals surface area contributed by atoms with Crippen molar-refractivity contribution < 1.29 is 22.3 Å². The highest BCUT2D eigenvalue weighted by Crippen LogP contribution is 2.18. The Labute approximate surface area is 169 Å². The van der Waals surface area contributed by atoms with E-state index in [-0.39, 0.29) is 17.1 Å². The summed E-state index contributed by atoms with van der Waals surface area (Å²) in [5, 5.41) is 10.4. The number of aliphatic imine (C=N–C) groups is 1. The molecule has 0 aromatic rings. The van der Waals surface area contributed by atoms with Gasteiger partial charge in [0.25, 0.3) is 0 Å². The molecule has 1 aliphatic rings. The van der Waals surface area contributed by atoms with Gasteiger partial charge in [-0.2, -0.15) is 0 Å². The minimum Gasteiger partial charge on any atom is -1.00 e. The number of likely N-dealkylation sites (N-methyl/N-ethyl adjacent to an activating group) is 1. The second-order valence-corrected chi connectivity index (χ2v) is 7.96. The van der Waals surface area contributed by atoms with Crippen molar-refractivity contribution >= 4 is 5.84 Å². The minimum absolute atomic E-state index is 0. The van der Waals surface area contributed by atoms with E-state index in [1.165, 1.54) is 96.3 Å². The Morgan fingerprint density at radius 3 is 1.58 bits per heavy atom. The van der Waals surface area contributed by atoms with Gasteiger partial charge in [0.05, 0.1) is 6.54 Å². The summed E-state index contributed by atoms with van der Waals surface area (Å²) in [5.41, 5.74) is 0.